The number of aromatic nitrogens is 2. The van der Waals surface area contributed by atoms with Gasteiger partial charge in [-0.2, -0.15) is 0 Å². The molecule has 3 nitrogen and oxygen atoms in total. The normalized spacial score (nSPS) is 12.6. The molecule has 0 spiro atoms. The van der Waals surface area contributed by atoms with E-state index in [1.54, 1.807) is 11.3 Å². The van der Waals surface area contributed by atoms with E-state index < -0.39 is 0 Å². The zero-order valence-electron chi connectivity index (χ0n) is 9.77. The molecule has 0 aromatic carbocycles. The van der Waals surface area contributed by atoms with Crippen LogP contribution in [0.25, 0.3) is 0 Å². The Morgan fingerprint density at radius 3 is 2.76 bits per heavy atom. The molecule has 2 rings (SSSR count). The van der Waals surface area contributed by atoms with Gasteiger partial charge in [0.1, 0.15) is 0 Å². The minimum atomic E-state index is 0.216. The second-order valence-electron chi connectivity index (χ2n) is 3.86. The van der Waals surface area contributed by atoms with Crippen molar-refractivity contribution in [3.63, 3.8) is 0 Å². The zero-order chi connectivity index (χ0) is 12.3. The first-order valence-corrected chi connectivity index (χ1v) is 7.05. The SMILES string of the molecule is CNC(Cc1cc(Br)cs1)c1cnc(C)cn1. The van der Waals surface area contributed by atoms with Crippen LogP contribution in [-0.4, -0.2) is 17.0 Å². The van der Waals surface area contributed by atoms with Crippen molar-refractivity contribution in [3.8, 4) is 0 Å². The molecule has 2 aromatic heterocycles. The smallest absolute Gasteiger partial charge is 0.0759 e. The van der Waals surface area contributed by atoms with Gasteiger partial charge in [0.05, 0.1) is 23.6 Å². The van der Waals surface area contributed by atoms with Gasteiger partial charge in [0.15, 0.2) is 0 Å². The Bertz CT molecular complexity index is 481. The zero-order valence-corrected chi connectivity index (χ0v) is 12.2. The molecule has 0 amide bonds. The third kappa shape index (κ3) is 3.34. The third-order valence-corrected chi connectivity index (χ3v) is 4.25. The first-order valence-electron chi connectivity index (χ1n) is 5.37. The molecule has 0 saturated heterocycles. The minimum absolute atomic E-state index is 0.216. The molecule has 5 heteroatoms. The first-order chi connectivity index (χ1) is 8.19. The molecule has 1 N–H and O–H groups in total. The molecule has 0 aliphatic carbocycles. The number of likely N-dealkylation sites (N-methyl/N-ethyl adjacent to an activating group) is 1. The van der Waals surface area contributed by atoms with Gasteiger partial charge in [-0.3, -0.25) is 9.97 Å². The van der Waals surface area contributed by atoms with E-state index >= 15 is 0 Å². The largest absolute Gasteiger partial charge is 0.311 e. The molecule has 0 aliphatic heterocycles. The van der Waals surface area contributed by atoms with Crippen LogP contribution in [-0.2, 0) is 6.42 Å². The van der Waals surface area contributed by atoms with E-state index in [-0.39, 0.29) is 6.04 Å². The average Bonchev–Trinajstić information content (AvgIpc) is 2.73. The molecule has 0 saturated carbocycles. The third-order valence-electron chi connectivity index (χ3n) is 2.53. The summed E-state index contributed by atoms with van der Waals surface area (Å²) in [4.78, 5) is 10.0. The van der Waals surface area contributed by atoms with Gasteiger partial charge in [-0.05, 0) is 36.0 Å². The lowest BCUT2D eigenvalue weighted by Gasteiger charge is -2.14. The summed E-state index contributed by atoms with van der Waals surface area (Å²) < 4.78 is 1.14. The van der Waals surface area contributed by atoms with Crippen LogP contribution in [0.1, 0.15) is 22.3 Å². The highest BCUT2D eigenvalue weighted by Gasteiger charge is 2.13. The topological polar surface area (TPSA) is 37.8 Å². The molecule has 1 unspecified atom stereocenters. The lowest BCUT2D eigenvalue weighted by molar-refractivity contribution is 0.576. The Kier molecular flexibility index (Phi) is 4.25. The van der Waals surface area contributed by atoms with Crippen molar-refractivity contribution >= 4 is 27.3 Å². The van der Waals surface area contributed by atoms with Crippen LogP contribution in [0.5, 0.6) is 0 Å². The molecular formula is C12H14BrN3S. The van der Waals surface area contributed by atoms with Gasteiger partial charge in [-0.25, -0.2) is 0 Å². The maximum atomic E-state index is 4.42. The van der Waals surface area contributed by atoms with Gasteiger partial charge in [0, 0.05) is 27.3 Å². The molecule has 2 aromatic rings. The van der Waals surface area contributed by atoms with Gasteiger partial charge in [-0.15, -0.1) is 11.3 Å². The number of nitrogens with zero attached hydrogens (tertiary/aromatic N) is 2. The fraction of sp³-hybridized carbons (Fsp3) is 0.333. The molecule has 17 heavy (non-hydrogen) atoms. The van der Waals surface area contributed by atoms with Crippen LogP contribution in [0.3, 0.4) is 0 Å². The van der Waals surface area contributed by atoms with E-state index in [0.717, 1.165) is 22.3 Å². The average molecular weight is 312 g/mol. The Morgan fingerprint density at radius 2 is 2.24 bits per heavy atom. The predicted octanol–water partition coefficient (Wildman–Crippen LogP) is 3.11. The van der Waals surface area contributed by atoms with Crippen LogP contribution in [0.15, 0.2) is 28.3 Å². The second-order valence-corrected chi connectivity index (χ2v) is 5.77. The fourth-order valence-electron chi connectivity index (χ4n) is 1.60. The van der Waals surface area contributed by atoms with Crippen molar-refractivity contribution in [2.24, 2.45) is 0 Å². The van der Waals surface area contributed by atoms with Crippen molar-refractivity contribution in [2.75, 3.05) is 7.05 Å². The molecule has 0 fully saturated rings. The standard InChI is InChI=1S/C12H14BrN3S/c1-8-5-16-12(6-15-8)11(14-2)4-10-3-9(13)7-17-10/h3,5-7,11,14H,4H2,1-2H3. The number of hydrogen-bond donors (Lipinski definition) is 1. The number of aryl methyl sites for hydroxylation is 1. The van der Waals surface area contributed by atoms with Crippen LogP contribution < -0.4 is 5.32 Å². The van der Waals surface area contributed by atoms with Crippen LogP contribution in [0.2, 0.25) is 0 Å². The van der Waals surface area contributed by atoms with Crippen LogP contribution in [0, 0.1) is 6.92 Å². The lowest BCUT2D eigenvalue weighted by Crippen LogP contribution is -2.19. The molecule has 1 atom stereocenters. The van der Waals surface area contributed by atoms with E-state index in [9.17, 15) is 0 Å². The molecule has 90 valence electrons. The van der Waals surface area contributed by atoms with Crippen molar-refractivity contribution in [1.82, 2.24) is 15.3 Å². The molecule has 2 heterocycles. The van der Waals surface area contributed by atoms with E-state index in [4.69, 9.17) is 0 Å². The predicted molar refractivity (Wildman–Crippen MR) is 74.3 cm³/mol. The second kappa shape index (κ2) is 5.71. The summed E-state index contributed by atoms with van der Waals surface area (Å²) in [7, 11) is 1.95. The maximum absolute atomic E-state index is 4.42. The van der Waals surface area contributed by atoms with Gasteiger partial charge < -0.3 is 5.32 Å². The van der Waals surface area contributed by atoms with Crippen molar-refractivity contribution in [1.29, 1.82) is 0 Å². The Hall–Kier alpha value is -0.780. The van der Waals surface area contributed by atoms with Crippen LogP contribution >= 0.6 is 27.3 Å². The van der Waals surface area contributed by atoms with Gasteiger partial charge in [0.2, 0.25) is 0 Å². The Labute approximate surface area is 113 Å². The van der Waals surface area contributed by atoms with E-state index in [0.29, 0.717) is 0 Å². The highest BCUT2D eigenvalue weighted by Crippen LogP contribution is 2.24. The van der Waals surface area contributed by atoms with Crippen molar-refractivity contribution in [2.45, 2.75) is 19.4 Å². The van der Waals surface area contributed by atoms with Gasteiger partial charge in [0.25, 0.3) is 0 Å². The lowest BCUT2D eigenvalue weighted by atomic mass is 10.1. The fourth-order valence-corrected chi connectivity index (χ4v) is 3.10. The van der Waals surface area contributed by atoms with E-state index in [2.05, 4.69) is 42.7 Å². The quantitative estimate of drug-likeness (QED) is 0.942. The van der Waals surface area contributed by atoms with Crippen LogP contribution in [0.4, 0.5) is 0 Å². The van der Waals surface area contributed by atoms with Gasteiger partial charge in [-0.1, -0.05) is 0 Å². The Balaban J connectivity index is 2.13. The Morgan fingerprint density at radius 1 is 1.41 bits per heavy atom. The molecular weight excluding hydrogens is 298 g/mol. The monoisotopic (exact) mass is 311 g/mol. The number of halogens is 1. The van der Waals surface area contributed by atoms with E-state index in [1.807, 2.05) is 26.4 Å². The van der Waals surface area contributed by atoms with Gasteiger partial charge >= 0.3 is 0 Å². The molecule has 0 aliphatic rings. The molecule has 0 radical (unpaired) electrons. The summed E-state index contributed by atoms with van der Waals surface area (Å²) in [5.41, 5.74) is 1.94. The highest BCUT2D eigenvalue weighted by molar-refractivity contribution is 9.10. The summed E-state index contributed by atoms with van der Waals surface area (Å²) in [6, 6.07) is 2.37. The van der Waals surface area contributed by atoms with E-state index in [1.165, 1.54) is 4.88 Å². The number of rotatable bonds is 4. The summed E-state index contributed by atoms with van der Waals surface area (Å²) in [5.74, 6) is 0. The number of thiophene rings is 1. The number of hydrogen-bond acceptors (Lipinski definition) is 4. The van der Waals surface area contributed by atoms with Crippen molar-refractivity contribution < 1.29 is 0 Å². The summed E-state index contributed by atoms with van der Waals surface area (Å²) in [5, 5.41) is 5.38. The first kappa shape index (κ1) is 12.7. The molecule has 0 bridgehead atoms. The summed E-state index contributed by atoms with van der Waals surface area (Å²) in [6.45, 7) is 1.95. The minimum Gasteiger partial charge on any atom is -0.311 e. The summed E-state index contributed by atoms with van der Waals surface area (Å²) >= 11 is 5.23. The number of nitrogens with one attached hydrogen (secondary N) is 1. The maximum Gasteiger partial charge on any atom is 0.0759 e. The van der Waals surface area contributed by atoms with Crippen molar-refractivity contribution in [3.05, 3.63) is 44.6 Å². The highest BCUT2D eigenvalue weighted by atomic mass is 79.9. The summed E-state index contributed by atoms with van der Waals surface area (Å²) in [6.07, 6.45) is 4.59.